The minimum Gasteiger partial charge on any atom is -0.495 e. The van der Waals surface area contributed by atoms with Crippen LogP contribution in [-0.2, 0) is 70.5 Å². The number of hydrogen-bond acceptors (Lipinski definition) is 17. The average molecular weight is 1570 g/mol. The molecule has 8 aromatic rings. The first-order chi connectivity index (χ1) is 51.6. The van der Waals surface area contributed by atoms with Crippen LogP contribution >= 0.6 is 46.1 Å². The number of allylic oxidation sites excluding steroid dienone is 1. The number of aromatic nitrogens is 3. The van der Waals surface area contributed by atoms with Crippen LogP contribution in [0.25, 0.3) is 27.1 Å². The summed E-state index contributed by atoms with van der Waals surface area (Å²) < 4.78 is 102. The lowest BCUT2D eigenvalue weighted by Gasteiger charge is -2.31. The number of methoxy groups -OCH3 is 6. The Morgan fingerprint density at radius 2 is 0.907 bits per heavy atom. The lowest BCUT2D eigenvalue weighted by Crippen LogP contribution is -2.45. The lowest BCUT2D eigenvalue weighted by molar-refractivity contribution is -0.119. The molecule has 8 heterocycles. The summed E-state index contributed by atoms with van der Waals surface area (Å²) >= 11 is 21.3. The quantitative estimate of drug-likeness (QED) is 0.0479. The van der Waals surface area contributed by atoms with Crippen molar-refractivity contribution in [1.82, 2.24) is 30.9 Å². The predicted octanol–water partition coefficient (Wildman–Crippen LogP) is 16.0. The van der Waals surface area contributed by atoms with Gasteiger partial charge in [-0.1, -0.05) is 93.9 Å². The molecule has 12 rings (SSSR count). The van der Waals surface area contributed by atoms with E-state index in [0.29, 0.717) is 105 Å². The first-order valence-electron chi connectivity index (χ1n) is 35.4. The molecule has 1 aliphatic carbocycles. The Bertz CT molecular complexity index is 4430. The Morgan fingerprint density at radius 1 is 0.519 bits per heavy atom. The topological polar surface area (TPSA) is 222 Å². The smallest absolute Gasteiger partial charge is 0.243 e. The normalized spacial score (nSPS) is 18.6. The van der Waals surface area contributed by atoms with Gasteiger partial charge in [0.1, 0.15) is 23.0 Å². The van der Waals surface area contributed by atoms with Crippen molar-refractivity contribution in [3.63, 3.8) is 0 Å². The molecule has 4 aliphatic rings. The summed E-state index contributed by atoms with van der Waals surface area (Å²) in [6, 6.07) is 14.3. The molecule has 108 heavy (non-hydrogen) atoms. The molecular formula is C82H92Cl3F3N6O13S. The van der Waals surface area contributed by atoms with Gasteiger partial charge in [0.15, 0.2) is 40.3 Å². The van der Waals surface area contributed by atoms with Crippen LogP contribution in [0.5, 0.6) is 34.5 Å². The summed E-state index contributed by atoms with van der Waals surface area (Å²) in [5, 5.41) is 11.5. The van der Waals surface area contributed by atoms with Crippen LogP contribution in [0.2, 0.25) is 15.1 Å². The third-order valence-corrected chi connectivity index (χ3v) is 23.3. The number of hydrogen-bond donors (Lipinski definition) is 3. The first-order valence-corrected chi connectivity index (χ1v) is 37.3. The number of carbonyl (C=O) groups excluding carboxylic acids is 3. The van der Waals surface area contributed by atoms with Crippen molar-refractivity contribution in [2.45, 2.75) is 121 Å². The maximum absolute atomic E-state index is 15.5. The molecule has 3 amide bonds. The molecule has 26 heteroatoms. The van der Waals surface area contributed by atoms with Crippen LogP contribution in [0.15, 0.2) is 115 Å². The maximum atomic E-state index is 15.5. The average Bonchev–Trinajstić information content (AvgIpc) is 1.45. The largest absolute Gasteiger partial charge is 0.495 e. The van der Waals surface area contributed by atoms with E-state index in [-0.39, 0.29) is 91.5 Å². The highest BCUT2D eigenvalue weighted by molar-refractivity contribution is 7.19. The summed E-state index contributed by atoms with van der Waals surface area (Å²) in [7, 11) is 8.69. The standard InChI is InChI=1S/C28H32ClFN2O4.C27H30ClFN2O5.C27H30ClFN2O4S/c1-6-24(33)32-21-7-8-36-15-18(21)12-20-11-16-9-19(10-17(16)14-31-20)28(2,3)25-26(29)22(34-4)13-23(35-5)27(25)30;2*1-6-23(32)31-18-7-8-35-14-16(18)10-17-9-15-11-22(36-21(15)13-30-17)27(2,3)24-25(28)19(33-4)12-20(34-5)26(24)29/h6,9,11,13-14,18,21H,1,7-8,10,12,15H2,2-5H3,(H,32,33);2*6,9,11-13,16,18H,1,7-8,10,14H2,2-5H3,(H,31,32). The third kappa shape index (κ3) is 17.8. The number of ether oxygens (including phenoxy) is 9. The number of pyridine rings is 3. The maximum Gasteiger partial charge on any atom is 0.243 e. The minimum absolute atomic E-state index is 0.00637. The molecular weight excluding hydrogens is 1470 g/mol. The third-order valence-electron chi connectivity index (χ3n) is 20.7. The number of amides is 3. The molecule has 19 nitrogen and oxygen atoms in total. The van der Waals surface area contributed by atoms with E-state index in [9.17, 15) is 14.4 Å². The van der Waals surface area contributed by atoms with Gasteiger partial charge in [-0.3, -0.25) is 29.3 Å². The summed E-state index contributed by atoms with van der Waals surface area (Å²) in [5.74, 6) is -0.0611. The van der Waals surface area contributed by atoms with Crippen molar-refractivity contribution in [2.75, 3.05) is 82.3 Å². The van der Waals surface area contributed by atoms with Gasteiger partial charge in [-0.05, 0) is 124 Å². The van der Waals surface area contributed by atoms with Gasteiger partial charge in [0.25, 0.3) is 0 Å². The Kier molecular flexibility index (Phi) is 26.8. The second kappa shape index (κ2) is 35.3. The van der Waals surface area contributed by atoms with E-state index in [1.54, 1.807) is 17.5 Å². The van der Waals surface area contributed by atoms with Crippen LogP contribution in [-0.4, -0.2) is 133 Å². The Morgan fingerprint density at radius 3 is 1.33 bits per heavy atom. The van der Waals surface area contributed by atoms with Crippen molar-refractivity contribution >= 4 is 91.0 Å². The fraction of sp³-hybridized carbons (Fsp3) is 0.415. The van der Waals surface area contributed by atoms with E-state index in [4.69, 9.17) is 86.8 Å². The number of nitrogens with one attached hydrogen (secondary N) is 3. The molecule has 3 fully saturated rings. The molecule has 576 valence electrons. The highest BCUT2D eigenvalue weighted by atomic mass is 35.5. The minimum atomic E-state index is -0.945. The Labute approximate surface area is 646 Å². The molecule has 3 aliphatic heterocycles. The van der Waals surface area contributed by atoms with Crippen LogP contribution in [0, 0.1) is 35.2 Å². The van der Waals surface area contributed by atoms with Crippen LogP contribution in [0.1, 0.15) is 116 Å². The number of nitrogens with zero attached hydrogens (tertiary/aromatic N) is 3. The Hall–Kier alpha value is -8.68. The van der Waals surface area contributed by atoms with Gasteiger partial charge < -0.3 is 63.0 Å². The zero-order valence-electron chi connectivity index (χ0n) is 62.8. The van der Waals surface area contributed by atoms with E-state index in [1.807, 2.05) is 66.1 Å². The highest BCUT2D eigenvalue weighted by Crippen LogP contribution is 2.51. The van der Waals surface area contributed by atoms with E-state index in [2.05, 4.69) is 69.9 Å². The van der Waals surface area contributed by atoms with Crippen molar-refractivity contribution in [3.05, 3.63) is 199 Å². The van der Waals surface area contributed by atoms with Gasteiger partial charge in [0, 0.05) is 141 Å². The number of rotatable bonds is 24. The van der Waals surface area contributed by atoms with Gasteiger partial charge in [0.05, 0.1) is 93.9 Å². The number of fused-ring (bicyclic) bond motifs is 3. The van der Waals surface area contributed by atoms with Crippen molar-refractivity contribution in [2.24, 2.45) is 17.8 Å². The van der Waals surface area contributed by atoms with Gasteiger partial charge in [-0.25, -0.2) is 13.2 Å². The van der Waals surface area contributed by atoms with E-state index in [0.717, 1.165) is 73.4 Å². The fourth-order valence-corrected chi connectivity index (χ4v) is 16.9. The molecule has 3 saturated heterocycles. The van der Waals surface area contributed by atoms with Crippen LogP contribution in [0.3, 0.4) is 0 Å². The van der Waals surface area contributed by atoms with E-state index >= 15 is 13.2 Å². The summed E-state index contributed by atoms with van der Waals surface area (Å²) in [4.78, 5) is 50.4. The molecule has 0 spiro atoms. The van der Waals surface area contributed by atoms with Crippen LogP contribution in [0.4, 0.5) is 13.2 Å². The molecule has 3 N–H and O–H groups in total. The molecule has 3 aromatic carbocycles. The van der Waals surface area contributed by atoms with Gasteiger partial charge >= 0.3 is 0 Å². The van der Waals surface area contributed by atoms with Crippen molar-refractivity contribution < 1.29 is 74.6 Å². The molecule has 6 unspecified atom stereocenters. The number of thiophene rings is 1. The number of furan rings is 1. The van der Waals surface area contributed by atoms with Crippen LogP contribution < -0.4 is 44.4 Å². The fourth-order valence-electron chi connectivity index (χ4n) is 14.4. The zero-order valence-corrected chi connectivity index (χ0v) is 65.8. The summed E-state index contributed by atoms with van der Waals surface area (Å²) in [5.41, 5.74) is 4.84. The van der Waals surface area contributed by atoms with E-state index in [1.165, 1.54) is 79.1 Å². The van der Waals surface area contributed by atoms with Gasteiger partial charge in [0.2, 0.25) is 17.7 Å². The molecule has 6 atom stereocenters. The predicted molar refractivity (Wildman–Crippen MR) is 415 cm³/mol. The number of carbonyl (C=O) groups is 3. The second-order valence-corrected chi connectivity index (χ2v) is 30.8. The second-order valence-electron chi connectivity index (χ2n) is 28.5. The lowest BCUT2D eigenvalue weighted by atomic mass is 9.76. The Balaban J connectivity index is 0.000000173. The van der Waals surface area contributed by atoms with Gasteiger partial charge in [-0.15, -0.1) is 11.3 Å². The molecule has 0 radical (unpaired) electrons. The van der Waals surface area contributed by atoms with E-state index < -0.39 is 33.7 Å². The summed E-state index contributed by atoms with van der Waals surface area (Å²) in [6.07, 6.45) is 16.2. The summed E-state index contributed by atoms with van der Waals surface area (Å²) in [6.45, 7) is 25.5. The molecule has 5 aromatic heterocycles. The van der Waals surface area contributed by atoms with Gasteiger partial charge in [-0.2, -0.15) is 0 Å². The monoisotopic (exact) mass is 1560 g/mol. The molecule has 0 saturated carbocycles. The zero-order chi connectivity index (χ0) is 78.1. The number of halogens is 6. The number of benzene rings is 3. The molecule has 0 bridgehead atoms. The van der Waals surface area contributed by atoms with Crippen molar-refractivity contribution in [3.8, 4) is 34.5 Å². The first kappa shape index (κ1) is 81.8. The van der Waals surface area contributed by atoms with Crippen molar-refractivity contribution in [1.29, 1.82) is 0 Å². The SMILES string of the molecule is C=CC(=O)NC1CCOCC1Cc1cc2c(cn1)CC(C(C)(C)c1c(F)c(OC)cc(OC)c1Cl)=C2.C=CC(=O)NC1CCOCC1Cc1cc2cc(C(C)(C)c3c(F)c(OC)cc(OC)c3Cl)oc2cn1.C=CC(=O)NC1CCOCC1Cc1cc2cc(C(C)(C)c3c(F)c(OC)cc(OC)c3Cl)sc2cn1. The highest BCUT2D eigenvalue weighted by Gasteiger charge is 2.40.